The fourth-order valence-corrected chi connectivity index (χ4v) is 2.56. The predicted molar refractivity (Wildman–Crippen MR) is 82.5 cm³/mol. The van der Waals surface area contributed by atoms with Gasteiger partial charge in [0.2, 0.25) is 0 Å². The number of rotatable bonds is 1. The average molecular weight is 351 g/mol. The van der Waals surface area contributed by atoms with E-state index in [9.17, 15) is 26.4 Å². The number of hydrogen-bond acceptors (Lipinski definition) is 3. The molecule has 1 aliphatic rings. The molecule has 0 N–H and O–H groups in total. The molecule has 130 valence electrons. The number of sulfonamides is 1. The minimum absolute atomic E-state index is 0.169. The highest BCUT2D eigenvalue weighted by Gasteiger charge is 2.47. The number of ketones is 1. The van der Waals surface area contributed by atoms with E-state index < -0.39 is 32.1 Å². The maximum atomic E-state index is 12.7. The SMILES string of the molecule is CC(C)(C)C1=CC(=O)C=C(C(C)(C)C)C1=NS(=O)(=O)C(F)(F)F. The standard InChI is InChI=1S/C15H20F3NO3S/c1-13(2,3)10-7-9(20)8-11(14(4,5)6)12(10)19-23(21,22)15(16,17)18/h7-8H,1-6H3. The van der Waals surface area contributed by atoms with Gasteiger partial charge in [-0.1, -0.05) is 41.5 Å². The van der Waals surface area contributed by atoms with Crippen molar-refractivity contribution in [1.82, 2.24) is 0 Å². The summed E-state index contributed by atoms with van der Waals surface area (Å²) in [6, 6.07) is 0. The third-order valence-corrected chi connectivity index (χ3v) is 4.21. The van der Waals surface area contributed by atoms with Crippen LogP contribution in [0.5, 0.6) is 0 Å². The van der Waals surface area contributed by atoms with E-state index in [1.807, 2.05) is 0 Å². The third kappa shape index (κ3) is 4.31. The Balaban J connectivity index is 3.74. The Hall–Kier alpha value is -1.44. The molecule has 0 spiro atoms. The lowest BCUT2D eigenvalue weighted by atomic mass is 9.72. The second kappa shape index (κ2) is 5.58. The fraction of sp³-hybridized carbons (Fsp3) is 0.600. The van der Waals surface area contributed by atoms with Crippen molar-refractivity contribution in [3.05, 3.63) is 23.3 Å². The Morgan fingerprint density at radius 2 is 1.22 bits per heavy atom. The van der Waals surface area contributed by atoms with Gasteiger partial charge in [-0.15, -0.1) is 0 Å². The van der Waals surface area contributed by atoms with Crippen molar-refractivity contribution in [3.63, 3.8) is 0 Å². The molecule has 0 radical (unpaired) electrons. The van der Waals surface area contributed by atoms with Gasteiger partial charge in [0.15, 0.2) is 5.78 Å². The zero-order chi connectivity index (χ0) is 18.4. The van der Waals surface area contributed by atoms with E-state index in [1.165, 1.54) is 0 Å². The van der Waals surface area contributed by atoms with E-state index in [-0.39, 0.29) is 16.9 Å². The Kier molecular flexibility index (Phi) is 4.75. The summed E-state index contributed by atoms with van der Waals surface area (Å²) in [5.41, 5.74) is -6.96. The lowest BCUT2D eigenvalue weighted by Crippen LogP contribution is -2.32. The van der Waals surface area contributed by atoms with Crippen LogP contribution >= 0.6 is 0 Å². The van der Waals surface area contributed by atoms with E-state index >= 15 is 0 Å². The molecule has 0 saturated carbocycles. The van der Waals surface area contributed by atoms with Gasteiger partial charge >= 0.3 is 15.5 Å². The molecule has 0 heterocycles. The van der Waals surface area contributed by atoms with Gasteiger partial charge in [-0.3, -0.25) is 4.79 Å². The first kappa shape index (κ1) is 19.6. The van der Waals surface area contributed by atoms with E-state index in [0.717, 1.165) is 12.2 Å². The highest BCUT2D eigenvalue weighted by atomic mass is 32.2. The van der Waals surface area contributed by atoms with Gasteiger partial charge in [-0.25, -0.2) is 0 Å². The summed E-state index contributed by atoms with van der Waals surface area (Å²) in [6.45, 7) is 10.0. The monoisotopic (exact) mass is 351 g/mol. The van der Waals surface area contributed by atoms with Gasteiger partial charge in [0.25, 0.3) is 0 Å². The summed E-state index contributed by atoms with van der Waals surface area (Å²) in [6.07, 6.45) is 2.28. The molecule has 4 nitrogen and oxygen atoms in total. The minimum atomic E-state index is -5.71. The topological polar surface area (TPSA) is 63.6 Å². The molecule has 0 atom stereocenters. The second-order valence-electron chi connectivity index (χ2n) is 7.38. The van der Waals surface area contributed by atoms with Crippen LogP contribution < -0.4 is 0 Å². The Morgan fingerprint density at radius 1 is 0.870 bits per heavy atom. The molecule has 0 aromatic rings. The van der Waals surface area contributed by atoms with Crippen LogP contribution in [-0.2, 0) is 14.8 Å². The second-order valence-corrected chi connectivity index (χ2v) is 8.97. The summed E-state index contributed by atoms with van der Waals surface area (Å²) in [5.74, 6) is -0.400. The van der Waals surface area contributed by atoms with E-state index in [2.05, 4.69) is 4.40 Å². The van der Waals surface area contributed by atoms with Crippen LogP contribution in [0.25, 0.3) is 0 Å². The zero-order valence-corrected chi connectivity index (χ0v) is 14.7. The Morgan fingerprint density at radius 3 is 1.48 bits per heavy atom. The summed E-state index contributed by atoms with van der Waals surface area (Å²) < 4.78 is 64.2. The van der Waals surface area contributed by atoms with Gasteiger partial charge in [0.1, 0.15) is 0 Å². The minimum Gasteiger partial charge on any atom is -0.290 e. The normalized spacial score (nSPS) is 17.8. The van der Waals surface area contributed by atoms with E-state index in [1.54, 1.807) is 41.5 Å². The molecule has 0 unspecified atom stereocenters. The molecule has 1 aliphatic carbocycles. The number of carbonyl (C=O) groups excluding carboxylic acids is 1. The van der Waals surface area contributed by atoms with Gasteiger partial charge < -0.3 is 0 Å². The third-order valence-electron chi connectivity index (χ3n) is 3.20. The molecular formula is C15H20F3NO3S. The highest BCUT2D eigenvalue weighted by molar-refractivity contribution is 7.91. The van der Waals surface area contributed by atoms with Crippen molar-refractivity contribution in [2.45, 2.75) is 47.1 Å². The van der Waals surface area contributed by atoms with Crippen LogP contribution in [0, 0.1) is 10.8 Å². The van der Waals surface area contributed by atoms with Gasteiger partial charge in [-0.2, -0.15) is 26.0 Å². The molecule has 0 saturated heterocycles. The largest absolute Gasteiger partial charge is 0.518 e. The summed E-state index contributed by atoms with van der Waals surface area (Å²) in [7, 11) is -5.71. The molecule has 0 aromatic carbocycles. The number of carbonyl (C=O) groups is 1. The summed E-state index contributed by atoms with van der Waals surface area (Å²) in [5, 5.41) is 0. The first-order chi connectivity index (χ1) is 9.97. The van der Waals surface area contributed by atoms with Crippen LogP contribution in [-0.4, -0.2) is 25.4 Å². The first-order valence-electron chi connectivity index (χ1n) is 6.87. The first-order valence-corrected chi connectivity index (χ1v) is 8.31. The van der Waals surface area contributed by atoms with Crippen molar-refractivity contribution >= 4 is 21.5 Å². The quantitative estimate of drug-likeness (QED) is 0.675. The number of hydrogen-bond donors (Lipinski definition) is 0. The summed E-state index contributed by atoms with van der Waals surface area (Å²) >= 11 is 0. The number of allylic oxidation sites excluding steroid dienone is 4. The Bertz CT molecular complexity index is 677. The fourth-order valence-electron chi connectivity index (χ4n) is 2.02. The van der Waals surface area contributed by atoms with Gasteiger partial charge in [0, 0.05) is 0 Å². The molecule has 0 amide bonds. The number of alkyl halides is 3. The molecule has 23 heavy (non-hydrogen) atoms. The van der Waals surface area contributed by atoms with Crippen molar-refractivity contribution in [1.29, 1.82) is 0 Å². The smallest absolute Gasteiger partial charge is 0.290 e. The predicted octanol–water partition coefficient (Wildman–Crippen LogP) is 3.80. The van der Waals surface area contributed by atoms with Crippen LogP contribution in [0.4, 0.5) is 13.2 Å². The maximum absolute atomic E-state index is 12.7. The highest BCUT2D eigenvalue weighted by Crippen LogP contribution is 2.39. The van der Waals surface area contributed by atoms with Crippen molar-refractivity contribution < 1.29 is 26.4 Å². The lowest BCUT2D eigenvalue weighted by molar-refractivity contribution is -0.110. The van der Waals surface area contributed by atoms with Gasteiger partial charge in [-0.05, 0) is 34.1 Å². The van der Waals surface area contributed by atoms with Crippen LogP contribution in [0.2, 0.25) is 0 Å². The van der Waals surface area contributed by atoms with Crippen molar-refractivity contribution in [3.8, 4) is 0 Å². The molecule has 0 aromatic heterocycles. The summed E-state index contributed by atoms with van der Waals surface area (Å²) in [4.78, 5) is 11.9. The zero-order valence-electron chi connectivity index (χ0n) is 13.9. The molecule has 0 aliphatic heterocycles. The number of halogens is 3. The molecule has 0 fully saturated rings. The lowest BCUT2D eigenvalue weighted by Gasteiger charge is -2.33. The molecule has 0 bridgehead atoms. The number of nitrogens with zero attached hydrogens (tertiary/aromatic N) is 1. The van der Waals surface area contributed by atoms with E-state index in [0.29, 0.717) is 0 Å². The molecular weight excluding hydrogens is 331 g/mol. The van der Waals surface area contributed by atoms with Gasteiger partial charge in [0.05, 0.1) is 5.71 Å². The maximum Gasteiger partial charge on any atom is 0.518 e. The van der Waals surface area contributed by atoms with Crippen molar-refractivity contribution in [2.24, 2.45) is 15.2 Å². The van der Waals surface area contributed by atoms with Crippen LogP contribution in [0.1, 0.15) is 41.5 Å². The van der Waals surface area contributed by atoms with Crippen LogP contribution in [0.15, 0.2) is 27.7 Å². The Labute approximate surface area is 134 Å². The molecule has 1 rings (SSSR count). The van der Waals surface area contributed by atoms with Crippen molar-refractivity contribution in [2.75, 3.05) is 0 Å². The van der Waals surface area contributed by atoms with E-state index in [4.69, 9.17) is 0 Å². The molecule has 8 heteroatoms. The average Bonchev–Trinajstić information content (AvgIpc) is 2.26. The van der Waals surface area contributed by atoms with Crippen LogP contribution in [0.3, 0.4) is 0 Å².